The highest BCUT2D eigenvalue weighted by Crippen LogP contribution is 2.52. The first-order chi connectivity index (χ1) is 26.1. The summed E-state index contributed by atoms with van der Waals surface area (Å²) in [5.41, 5.74) is 22.0. The molecule has 8 aromatic carbocycles. The van der Waals surface area contributed by atoms with E-state index in [2.05, 4.69) is 190 Å². The molecule has 1 nitrogen and oxygen atoms in total. The number of halogens is 2. The van der Waals surface area contributed by atoms with Gasteiger partial charge in [-0.3, -0.25) is 0 Å². The van der Waals surface area contributed by atoms with Crippen LogP contribution in [0.2, 0.25) is 0 Å². The largest absolute Gasteiger partial charge is 0.455 e. The minimum Gasteiger partial charge on any atom is -0.455 e. The van der Waals surface area contributed by atoms with E-state index in [0.717, 1.165) is 54.9 Å². The Morgan fingerprint density at radius 1 is 0.321 bits per heavy atom. The van der Waals surface area contributed by atoms with Crippen molar-refractivity contribution in [2.24, 2.45) is 0 Å². The Labute approximate surface area is 324 Å². The Kier molecular flexibility index (Phi) is 7.05. The monoisotopic (exact) mass is 804 g/mol. The maximum Gasteiger partial charge on any atom is 0.143 e. The first-order valence-electron chi connectivity index (χ1n) is 18.1. The van der Waals surface area contributed by atoms with E-state index in [1.54, 1.807) is 0 Å². The summed E-state index contributed by atoms with van der Waals surface area (Å²) >= 11 is 7.80. The standard InChI is InChI=1S/C50H30Br2O/c51-45-21-7-5-15-35(45)37-25-23-33-31-13-3-1-11-29(31)27-43(33)47(37)41-19-9-17-39-40-18-10-20-42(50(40)53-49(39)41)48-38(36-16-6-8-22-46(36)52)26-24-34-32-14-4-2-12-30(32)28-44(34)48/h1-26H,27-28H2. The van der Waals surface area contributed by atoms with Crippen molar-refractivity contribution in [2.45, 2.75) is 12.8 Å². The molecule has 0 N–H and O–H groups in total. The molecule has 0 spiro atoms. The second-order valence-electron chi connectivity index (χ2n) is 14.1. The Bertz CT molecular complexity index is 2780. The molecule has 0 saturated heterocycles. The van der Waals surface area contributed by atoms with Crippen molar-refractivity contribution < 1.29 is 4.42 Å². The van der Waals surface area contributed by atoms with Gasteiger partial charge in [0.05, 0.1) is 0 Å². The smallest absolute Gasteiger partial charge is 0.143 e. The quantitative estimate of drug-likeness (QED) is 0.173. The second kappa shape index (κ2) is 12.0. The third-order valence-corrected chi connectivity index (χ3v) is 12.7. The van der Waals surface area contributed by atoms with E-state index in [0.29, 0.717) is 0 Å². The molecule has 1 aromatic heterocycles. The minimum atomic E-state index is 0.882. The average molecular weight is 807 g/mol. The maximum absolute atomic E-state index is 7.32. The zero-order chi connectivity index (χ0) is 35.2. The van der Waals surface area contributed by atoms with Gasteiger partial charge in [0.15, 0.2) is 0 Å². The topological polar surface area (TPSA) is 13.1 Å². The van der Waals surface area contributed by atoms with Crippen molar-refractivity contribution >= 4 is 53.8 Å². The zero-order valence-electron chi connectivity index (χ0n) is 28.6. The van der Waals surface area contributed by atoms with Crippen LogP contribution in [0.5, 0.6) is 0 Å². The predicted octanol–water partition coefficient (Wildman–Crippen LogP) is 14.9. The van der Waals surface area contributed by atoms with Crippen molar-refractivity contribution in [3.05, 3.63) is 189 Å². The van der Waals surface area contributed by atoms with Crippen LogP contribution >= 0.6 is 31.9 Å². The van der Waals surface area contributed by atoms with Gasteiger partial charge in [-0.25, -0.2) is 0 Å². The fourth-order valence-corrected chi connectivity index (χ4v) is 10.1. The van der Waals surface area contributed by atoms with Crippen LogP contribution < -0.4 is 0 Å². The SMILES string of the molecule is Brc1ccccc1-c1ccc2c(c1-c1cccc3c1oc1c(-c4c(-c5ccccc5Br)ccc5c4Cc4ccccc4-5)cccc13)Cc1ccccc1-2. The molecule has 0 amide bonds. The molecule has 250 valence electrons. The lowest BCUT2D eigenvalue weighted by atomic mass is 9.86. The van der Waals surface area contributed by atoms with Crippen LogP contribution in [0, 0.1) is 0 Å². The third-order valence-electron chi connectivity index (χ3n) is 11.4. The van der Waals surface area contributed by atoms with E-state index in [1.165, 1.54) is 77.9 Å². The Morgan fingerprint density at radius 3 is 1.15 bits per heavy atom. The number of fused-ring (bicyclic) bond motifs is 9. The van der Waals surface area contributed by atoms with Gasteiger partial charge in [-0.2, -0.15) is 0 Å². The molecule has 0 unspecified atom stereocenters. The molecule has 53 heavy (non-hydrogen) atoms. The molecule has 2 aliphatic rings. The molecule has 2 aliphatic carbocycles. The van der Waals surface area contributed by atoms with Crippen LogP contribution in [0.1, 0.15) is 22.3 Å². The first-order valence-corrected chi connectivity index (χ1v) is 19.7. The Morgan fingerprint density at radius 2 is 0.698 bits per heavy atom. The lowest BCUT2D eigenvalue weighted by molar-refractivity contribution is 0.671. The van der Waals surface area contributed by atoms with Gasteiger partial charge in [-0.05, 0) is 103 Å². The summed E-state index contributed by atoms with van der Waals surface area (Å²) in [4.78, 5) is 0. The second-order valence-corrected chi connectivity index (χ2v) is 15.8. The van der Waals surface area contributed by atoms with Gasteiger partial charge in [0.25, 0.3) is 0 Å². The number of hydrogen-bond donors (Lipinski definition) is 0. The van der Waals surface area contributed by atoms with Crippen molar-refractivity contribution in [1.82, 2.24) is 0 Å². The van der Waals surface area contributed by atoms with Crippen LogP contribution in [-0.2, 0) is 12.8 Å². The molecular weight excluding hydrogens is 776 g/mol. The molecule has 0 radical (unpaired) electrons. The number of furan rings is 1. The summed E-state index contributed by atoms with van der Waals surface area (Å²) in [7, 11) is 0. The number of hydrogen-bond acceptors (Lipinski definition) is 1. The van der Waals surface area contributed by atoms with Crippen LogP contribution in [0.4, 0.5) is 0 Å². The highest BCUT2D eigenvalue weighted by molar-refractivity contribution is 9.11. The van der Waals surface area contributed by atoms with Crippen molar-refractivity contribution in [3.8, 4) is 66.8 Å². The normalized spacial score (nSPS) is 12.6. The lowest BCUT2D eigenvalue weighted by Crippen LogP contribution is -1.94. The van der Waals surface area contributed by atoms with Gasteiger partial charge in [0, 0.05) is 30.8 Å². The van der Waals surface area contributed by atoms with Gasteiger partial charge >= 0.3 is 0 Å². The van der Waals surface area contributed by atoms with Gasteiger partial charge < -0.3 is 4.42 Å². The van der Waals surface area contributed by atoms with Crippen molar-refractivity contribution in [1.29, 1.82) is 0 Å². The van der Waals surface area contributed by atoms with Crippen molar-refractivity contribution in [2.75, 3.05) is 0 Å². The maximum atomic E-state index is 7.32. The van der Waals surface area contributed by atoms with Crippen LogP contribution in [0.15, 0.2) is 171 Å². The molecule has 0 fully saturated rings. The third kappa shape index (κ3) is 4.67. The predicted molar refractivity (Wildman–Crippen MR) is 227 cm³/mol. The summed E-state index contributed by atoms with van der Waals surface area (Å²) in [6.45, 7) is 0. The van der Waals surface area contributed by atoms with Gasteiger partial charge in [-0.15, -0.1) is 0 Å². The van der Waals surface area contributed by atoms with Crippen LogP contribution in [-0.4, -0.2) is 0 Å². The summed E-state index contributed by atoms with van der Waals surface area (Å²) in [5.74, 6) is 0. The zero-order valence-corrected chi connectivity index (χ0v) is 31.8. The number of rotatable bonds is 4. The first kappa shape index (κ1) is 31.1. The van der Waals surface area contributed by atoms with Crippen molar-refractivity contribution in [3.63, 3.8) is 0 Å². The van der Waals surface area contributed by atoms with Crippen LogP contribution in [0.3, 0.4) is 0 Å². The van der Waals surface area contributed by atoms with Crippen LogP contribution in [0.25, 0.3) is 88.7 Å². The van der Waals surface area contributed by atoms with Gasteiger partial charge in [0.1, 0.15) is 11.2 Å². The summed E-state index contributed by atoms with van der Waals surface area (Å²) in [6.07, 6.45) is 1.76. The Hall–Kier alpha value is -5.48. The fourth-order valence-electron chi connectivity index (χ4n) is 9.06. The highest BCUT2D eigenvalue weighted by atomic mass is 79.9. The van der Waals surface area contributed by atoms with E-state index in [9.17, 15) is 0 Å². The molecule has 3 heteroatoms. The molecule has 1 heterocycles. The molecular formula is C50H30Br2O. The average Bonchev–Trinajstić information content (AvgIpc) is 3.89. The lowest BCUT2D eigenvalue weighted by Gasteiger charge is -2.17. The van der Waals surface area contributed by atoms with E-state index < -0.39 is 0 Å². The molecule has 0 saturated carbocycles. The minimum absolute atomic E-state index is 0.882. The molecule has 9 aromatic rings. The van der Waals surface area contributed by atoms with Gasteiger partial charge in [0.2, 0.25) is 0 Å². The molecule has 0 aliphatic heterocycles. The van der Waals surface area contributed by atoms with E-state index in [-0.39, 0.29) is 0 Å². The molecule has 11 rings (SSSR count). The fraction of sp³-hybridized carbons (Fsp3) is 0.0400. The van der Waals surface area contributed by atoms with Gasteiger partial charge in [-0.1, -0.05) is 177 Å². The van der Waals surface area contributed by atoms with E-state index in [4.69, 9.17) is 4.42 Å². The summed E-state index contributed by atoms with van der Waals surface area (Å²) < 4.78 is 9.47. The molecule has 0 bridgehead atoms. The summed E-state index contributed by atoms with van der Waals surface area (Å²) in [6, 6.07) is 57.4. The Balaban J connectivity index is 1.21. The van der Waals surface area contributed by atoms with E-state index in [1.807, 2.05) is 0 Å². The number of para-hydroxylation sites is 2. The highest BCUT2D eigenvalue weighted by Gasteiger charge is 2.29. The van der Waals surface area contributed by atoms with E-state index >= 15 is 0 Å². The summed E-state index contributed by atoms with van der Waals surface area (Å²) in [5, 5.41) is 2.26. The number of benzene rings is 8. The molecule has 0 atom stereocenters.